The summed E-state index contributed by atoms with van der Waals surface area (Å²) in [6.45, 7) is 3.85. The molecule has 0 saturated carbocycles. The van der Waals surface area contributed by atoms with Crippen LogP contribution in [0.4, 0.5) is 0 Å². The first-order valence-electron chi connectivity index (χ1n) is 3.15. The second-order valence-electron chi connectivity index (χ2n) is 1.86. The van der Waals surface area contributed by atoms with Crippen molar-refractivity contribution in [3.8, 4) is 0 Å². The Bertz CT molecular complexity index is 80.4. The Morgan fingerprint density at radius 2 is 2.33 bits per heavy atom. The van der Waals surface area contributed by atoms with E-state index in [0.717, 1.165) is 13.1 Å². The van der Waals surface area contributed by atoms with Crippen molar-refractivity contribution in [2.24, 2.45) is 5.10 Å². The normalized spacial score (nSPS) is 10.6. The Morgan fingerprint density at radius 3 is 2.78 bits per heavy atom. The van der Waals surface area contributed by atoms with Crippen molar-refractivity contribution in [3.05, 3.63) is 0 Å². The molecule has 0 bridgehead atoms. The van der Waals surface area contributed by atoms with Gasteiger partial charge in [-0.15, -0.1) is 0 Å². The maximum absolute atomic E-state index is 4.03. The topological polar surface area (TPSA) is 27.6 Å². The van der Waals surface area contributed by atoms with Gasteiger partial charge in [0, 0.05) is 26.4 Å². The summed E-state index contributed by atoms with van der Waals surface area (Å²) in [4.78, 5) is 0. The highest BCUT2D eigenvalue weighted by molar-refractivity contribution is 5.52. The second-order valence-corrected chi connectivity index (χ2v) is 1.86. The van der Waals surface area contributed by atoms with Crippen LogP contribution in [-0.2, 0) is 0 Å². The van der Waals surface area contributed by atoms with E-state index in [9.17, 15) is 0 Å². The summed E-state index contributed by atoms with van der Waals surface area (Å²) >= 11 is 0. The van der Waals surface area contributed by atoms with Crippen LogP contribution in [0.1, 0.15) is 6.92 Å². The molecule has 0 unspecified atom stereocenters. The van der Waals surface area contributed by atoms with E-state index in [2.05, 4.69) is 10.4 Å². The van der Waals surface area contributed by atoms with Gasteiger partial charge in [-0.05, 0) is 14.0 Å². The minimum Gasteiger partial charge on any atom is -0.318 e. The van der Waals surface area contributed by atoms with Gasteiger partial charge < -0.3 is 5.32 Å². The van der Waals surface area contributed by atoms with Crippen molar-refractivity contribution in [1.29, 1.82) is 0 Å². The molecule has 3 heteroatoms. The first kappa shape index (κ1) is 8.43. The van der Waals surface area contributed by atoms with Crippen molar-refractivity contribution < 1.29 is 0 Å². The van der Waals surface area contributed by atoms with Gasteiger partial charge in [-0.25, -0.2) is 0 Å². The minimum absolute atomic E-state index is 0.959. The molecule has 0 aliphatic rings. The largest absolute Gasteiger partial charge is 0.318 e. The van der Waals surface area contributed by atoms with Crippen LogP contribution in [0.3, 0.4) is 0 Å². The highest BCUT2D eigenvalue weighted by Crippen LogP contribution is 1.77. The third-order valence-electron chi connectivity index (χ3n) is 0.998. The van der Waals surface area contributed by atoms with Gasteiger partial charge in [0.2, 0.25) is 0 Å². The van der Waals surface area contributed by atoms with Gasteiger partial charge in [-0.2, -0.15) is 5.10 Å². The third kappa shape index (κ3) is 5.30. The summed E-state index contributed by atoms with van der Waals surface area (Å²) in [5, 5.41) is 8.97. The predicted molar refractivity (Wildman–Crippen MR) is 40.7 cm³/mol. The Morgan fingerprint density at radius 1 is 1.67 bits per heavy atom. The smallest absolute Gasteiger partial charge is 0.0481 e. The molecule has 1 N–H and O–H groups in total. The molecule has 0 spiro atoms. The lowest BCUT2D eigenvalue weighted by Gasteiger charge is -2.10. The Hall–Kier alpha value is -0.570. The lowest BCUT2D eigenvalue weighted by molar-refractivity contribution is 0.356. The van der Waals surface area contributed by atoms with E-state index in [1.54, 1.807) is 6.21 Å². The highest BCUT2D eigenvalue weighted by atomic mass is 15.4. The number of hydrogen-bond acceptors (Lipinski definition) is 3. The van der Waals surface area contributed by atoms with Gasteiger partial charge in [0.15, 0.2) is 0 Å². The van der Waals surface area contributed by atoms with Gasteiger partial charge in [0.05, 0.1) is 0 Å². The summed E-state index contributed by atoms with van der Waals surface area (Å²) in [5.74, 6) is 0. The van der Waals surface area contributed by atoms with E-state index in [-0.39, 0.29) is 0 Å². The molecule has 0 fully saturated rings. The molecule has 9 heavy (non-hydrogen) atoms. The Labute approximate surface area is 56.7 Å². The fraction of sp³-hybridized carbons (Fsp3) is 0.833. The number of likely N-dealkylation sites (N-methyl/N-ethyl adjacent to an activating group) is 2. The van der Waals surface area contributed by atoms with Crippen LogP contribution >= 0.6 is 0 Å². The summed E-state index contributed by atoms with van der Waals surface area (Å²) in [7, 11) is 3.89. The van der Waals surface area contributed by atoms with Crippen molar-refractivity contribution in [2.45, 2.75) is 6.92 Å². The van der Waals surface area contributed by atoms with E-state index in [0.29, 0.717) is 0 Å². The Kier molecular flexibility index (Phi) is 5.21. The molecule has 0 radical (unpaired) electrons. The summed E-state index contributed by atoms with van der Waals surface area (Å²) < 4.78 is 0. The van der Waals surface area contributed by atoms with Gasteiger partial charge in [-0.1, -0.05) is 0 Å². The molecular formula is C6H15N3. The van der Waals surface area contributed by atoms with E-state index in [4.69, 9.17) is 0 Å². The molecule has 0 aliphatic heterocycles. The molecule has 0 aromatic carbocycles. The Balaban J connectivity index is 3.15. The lowest BCUT2D eigenvalue weighted by atomic mass is 10.6. The van der Waals surface area contributed by atoms with Crippen LogP contribution in [0, 0.1) is 0 Å². The molecule has 54 valence electrons. The molecule has 0 aromatic rings. The molecule has 0 amide bonds. The van der Waals surface area contributed by atoms with Crippen molar-refractivity contribution >= 4 is 6.21 Å². The third-order valence-corrected chi connectivity index (χ3v) is 0.998. The van der Waals surface area contributed by atoms with Crippen LogP contribution < -0.4 is 5.32 Å². The van der Waals surface area contributed by atoms with E-state index in [1.165, 1.54) is 0 Å². The predicted octanol–water partition coefficient (Wildman–Crippen LogP) is 0.143. The molecule has 0 rings (SSSR count). The standard InChI is InChI=1S/C6H15N3/c1-4-8-9(3)6-5-7-2/h4,7H,5-6H2,1-3H3/b8-4+. The zero-order valence-corrected chi connectivity index (χ0v) is 6.39. The zero-order valence-electron chi connectivity index (χ0n) is 6.39. The van der Waals surface area contributed by atoms with Crippen LogP contribution in [0.2, 0.25) is 0 Å². The van der Waals surface area contributed by atoms with Crippen molar-refractivity contribution in [2.75, 3.05) is 27.2 Å². The fourth-order valence-electron chi connectivity index (χ4n) is 0.528. The number of rotatable bonds is 4. The summed E-state index contributed by atoms with van der Waals surface area (Å²) in [5.41, 5.74) is 0. The highest BCUT2D eigenvalue weighted by Gasteiger charge is 1.86. The molecule has 0 aliphatic carbocycles. The number of nitrogens with one attached hydrogen (secondary N) is 1. The molecule has 0 aromatic heterocycles. The van der Waals surface area contributed by atoms with Crippen molar-refractivity contribution in [3.63, 3.8) is 0 Å². The molecule has 0 atom stereocenters. The quantitative estimate of drug-likeness (QED) is 0.432. The molecule has 0 saturated heterocycles. The first-order valence-corrected chi connectivity index (χ1v) is 3.15. The molecule has 0 heterocycles. The second kappa shape index (κ2) is 5.56. The van der Waals surface area contributed by atoms with Gasteiger partial charge in [0.25, 0.3) is 0 Å². The molecule has 3 nitrogen and oxygen atoms in total. The van der Waals surface area contributed by atoms with Crippen LogP contribution in [0.25, 0.3) is 0 Å². The maximum atomic E-state index is 4.03. The SMILES string of the molecule is C/C=N/N(C)CCNC. The maximum Gasteiger partial charge on any atom is 0.0481 e. The van der Waals surface area contributed by atoms with Crippen LogP contribution in [0.15, 0.2) is 5.10 Å². The average Bonchev–Trinajstić information content (AvgIpc) is 1.85. The lowest BCUT2D eigenvalue weighted by Crippen LogP contribution is -2.23. The number of hydrazone groups is 1. The van der Waals surface area contributed by atoms with E-state index in [1.807, 2.05) is 26.0 Å². The van der Waals surface area contributed by atoms with Crippen molar-refractivity contribution in [1.82, 2.24) is 10.3 Å². The van der Waals surface area contributed by atoms with Crippen LogP contribution in [-0.4, -0.2) is 38.4 Å². The summed E-state index contributed by atoms with van der Waals surface area (Å²) in [6, 6.07) is 0. The van der Waals surface area contributed by atoms with E-state index < -0.39 is 0 Å². The average molecular weight is 129 g/mol. The summed E-state index contributed by atoms with van der Waals surface area (Å²) in [6.07, 6.45) is 1.79. The van der Waals surface area contributed by atoms with Crippen LogP contribution in [0.5, 0.6) is 0 Å². The fourth-order valence-corrected chi connectivity index (χ4v) is 0.528. The molecular weight excluding hydrogens is 114 g/mol. The minimum atomic E-state index is 0.959. The first-order chi connectivity index (χ1) is 4.31. The van der Waals surface area contributed by atoms with Gasteiger partial charge >= 0.3 is 0 Å². The number of hydrogen-bond donors (Lipinski definition) is 1. The van der Waals surface area contributed by atoms with E-state index >= 15 is 0 Å². The van der Waals surface area contributed by atoms with Gasteiger partial charge in [-0.3, -0.25) is 5.01 Å². The monoisotopic (exact) mass is 129 g/mol. The number of nitrogens with zero attached hydrogens (tertiary/aromatic N) is 2. The zero-order chi connectivity index (χ0) is 7.11. The van der Waals surface area contributed by atoms with Gasteiger partial charge in [0.1, 0.15) is 0 Å².